The van der Waals surface area contributed by atoms with Crippen LogP contribution >= 0.6 is 0 Å². The van der Waals surface area contributed by atoms with Gasteiger partial charge in [-0.1, -0.05) is 23.4 Å². The Hall–Kier alpha value is -3.68. The van der Waals surface area contributed by atoms with Gasteiger partial charge in [0, 0.05) is 24.2 Å². The number of ether oxygens (including phenoxy) is 1. The first-order chi connectivity index (χ1) is 16.0. The third-order valence-electron chi connectivity index (χ3n) is 6.15. The quantitative estimate of drug-likeness (QED) is 0.435. The fraction of sp³-hybridized carbons (Fsp3) is 0.360. The standard InChI is InChI=1S/C25H26N4O4/c1-15-12-19(22-16(2)28-33-24(22)27-15)25(30)29-11-7-6-9-20(29)23-26-14-18(32-23)13-17-8-4-5-10-21(17)31-3/h4-5,8,10,12,14,20H,6-7,9,11,13H2,1-3H3/t20-/m0/s1. The van der Waals surface area contributed by atoms with Crippen molar-refractivity contribution in [2.75, 3.05) is 13.7 Å². The largest absolute Gasteiger partial charge is 0.496 e. The molecule has 4 heterocycles. The average Bonchev–Trinajstić information content (AvgIpc) is 3.45. The van der Waals surface area contributed by atoms with E-state index in [2.05, 4.69) is 15.1 Å². The summed E-state index contributed by atoms with van der Waals surface area (Å²) in [7, 11) is 1.66. The van der Waals surface area contributed by atoms with E-state index in [1.165, 1.54) is 0 Å². The number of oxazole rings is 1. The number of amides is 1. The Morgan fingerprint density at radius 1 is 1.24 bits per heavy atom. The summed E-state index contributed by atoms with van der Waals surface area (Å²) in [5, 5.41) is 4.68. The maximum Gasteiger partial charge on any atom is 0.258 e. The molecule has 1 fully saturated rings. The van der Waals surface area contributed by atoms with Gasteiger partial charge in [-0.2, -0.15) is 0 Å². The molecule has 0 aliphatic carbocycles. The first-order valence-corrected chi connectivity index (χ1v) is 11.2. The smallest absolute Gasteiger partial charge is 0.258 e. The molecular weight excluding hydrogens is 420 g/mol. The molecule has 0 radical (unpaired) electrons. The van der Waals surface area contributed by atoms with Gasteiger partial charge < -0.3 is 18.6 Å². The average molecular weight is 447 g/mol. The van der Waals surface area contributed by atoms with Crippen molar-refractivity contribution >= 4 is 17.0 Å². The zero-order valence-corrected chi connectivity index (χ0v) is 19.0. The van der Waals surface area contributed by atoms with Crippen LogP contribution in [0.5, 0.6) is 5.75 Å². The minimum absolute atomic E-state index is 0.0778. The number of carbonyl (C=O) groups excluding carboxylic acids is 1. The van der Waals surface area contributed by atoms with Crippen molar-refractivity contribution in [2.24, 2.45) is 0 Å². The van der Waals surface area contributed by atoms with Crippen LogP contribution in [0.1, 0.15) is 64.3 Å². The van der Waals surface area contributed by atoms with Crippen LogP contribution < -0.4 is 4.74 Å². The molecule has 170 valence electrons. The van der Waals surface area contributed by atoms with E-state index in [-0.39, 0.29) is 11.9 Å². The number of fused-ring (bicyclic) bond motifs is 1. The molecule has 1 aliphatic heterocycles. The number of hydrogen-bond donors (Lipinski definition) is 0. The minimum Gasteiger partial charge on any atom is -0.496 e. The van der Waals surface area contributed by atoms with Crippen LogP contribution in [0.15, 0.2) is 45.5 Å². The molecule has 1 amide bonds. The van der Waals surface area contributed by atoms with E-state index in [0.29, 0.717) is 46.9 Å². The van der Waals surface area contributed by atoms with Crippen molar-refractivity contribution in [3.63, 3.8) is 0 Å². The highest BCUT2D eigenvalue weighted by Gasteiger charge is 2.33. The van der Waals surface area contributed by atoms with Crippen molar-refractivity contribution in [2.45, 2.75) is 45.6 Å². The molecule has 1 atom stereocenters. The van der Waals surface area contributed by atoms with Gasteiger partial charge in [0.1, 0.15) is 17.6 Å². The predicted octanol–water partition coefficient (Wildman–Crippen LogP) is 4.79. The molecular formula is C25H26N4O4. The number of piperidine rings is 1. The number of aryl methyl sites for hydroxylation is 2. The van der Waals surface area contributed by atoms with E-state index in [0.717, 1.165) is 36.3 Å². The normalized spacial score (nSPS) is 16.3. The van der Waals surface area contributed by atoms with Crippen molar-refractivity contribution in [1.29, 1.82) is 0 Å². The van der Waals surface area contributed by atoms with Crippen molar-refractivity contribution in [3.8, 4) is 5.75 Å². The molecule has 8 heteroatoms. The SMILES string of the molecule is COc1ccccc1Cc1cnc([C@@H]2CCCCN2C(=O)c2cc(C)nc3onc(C)c23)o1. The second-order valence-corrected chi connectivity index (χ2v) is 8.42. The van der Waals surface area contributed by atoms with Gasteiger partial charge in [-0.15, -0.1) is 0 Å². The molecule has 0 unspecified atom stereocenters. The summed E-state index contributed by atoms with van der Waals surface area (Å²) >= 11 is 0. The molecule has 1 aliphatic rings. The summed E-state index contributed by atoms with van der Waals surface area (Å²) in [6.45, 7) is 4.31. The number of hydrogen-bond acceptors (Lipinski definition) is 7. The zero-order chi connectivity index (χ0) is 22.9. The number of aromatic nitrogens is 3. The second-order valence-electron chi connectivity index (χ2n) is 8.42. The number of carbonyl (C=O) groups is 1. The van der Waals surface area contributed by atoms with E-state index in [1.807, 2.05) is 49.1 Å². The molecule has 8 nitrogen and oxygen atoms in total. The number of para-hydroxylation sites is 1. The van der Waals surface area contributed by atoms with Gasteiger partial charge >= 0.3 is 0 Å². The van der Waals surface area contributed by atoms with Gasteiger partial charge in [0.2, 0.25) is 5.89 Å². The van der Waals surface area contributed by atoms with Gasteiger partial charge in [-0.05, 0) is 45.2 Å². The Balaban J connectivity index is 1.45. The number of nitrogens with zero attached hydrogens (tertiary/aromatic N) is 4. The second kappa shape index (κ2) is 8.69. The molecule has 4 aromatic rings. The third-order valence-corrected chi connectivity index (χ3v) is 6.15. The van der Waals surface area contributed by atoms with Crippen LogP contribution in [-0.4, -0.2) is 39.6 Å². The zero-order valence-electron chi connectivity index (χ0n) is 19.0. The van der Waals surface area contributed by atoms with Crippen LogP contribution in [0.4, 0.5) is 0 Å². The van der Waals surface area contributed by atoms with E-state index < -0.39 is 0 Å². The lowest BCUT2D eigenvalue weighted by atomic mass is 9.99. The highest BCUT2D eigenvalue weighted by atomic mass is 16.5. The van der Waals surface area contributed by atoms with E-state index in [9.17, 15) is 4.79 Å². The van der Waals surface area contributed by atoms with Crippen LogP contribution in [0.2, 0.25) is 0 Å². The van der Waals surface area contributed by atoms with Crippen molar-refractivity contribution in [1.82, 2.24) is 20.0 Å². The highest BCUT2D eigenvalue weighted by molar-refractivity contribution is 6.06. The van der Waals surface area contributed by atoms with Crippen LogP contribution in [0.3, 0.4) is 0 Å². The third kappa shape index (κ3) is 3.97. The minimum atomic E-state index is -0.221. The summed E-state index contributed by atoms with van der Waals surface area (Å²) < 4.78 is 16.9. The maximum atomic E-state index is 13.7. The number of methoxy groups -OCH3 is 1. The molecule has 0 bridgehead atoms. The monoisotopic (exact) mass is 446 g/mol. The Morgan fingerprint density at radius 2 is 2.09 bits per heavy atom. The topological polar surface area (TPSA) is 94.5 Å². The summed E-state index contributed by atoms with van der Waals surface area (Å²) in [5.41, 5.74) is 3.34. The fourth-order valence-corrected chi connectivity index (χ4v) is 4.57. The number of rotatable bonds is 5. The predicted molar refractivity (Wildman–Crippen MR) is 121 cm³/mol. The van der Waals surface area contributed by atoms with E-state index >= 15 is 0 Å². The van der Waals surface area contributed by atoms with Gasteiger partial charge in [-0.25, -0.2) is 9.97 Å². The summed E-state index contributed by atoms with van der Waals surface area (Å²) in [5.74, 6) is 2.04. The summed E-state index contributed by atoms with van der Waals surface area (Å²) in [4.78, 5) is 24.5. The molecule has 3 aromatic heterocycles. The Morgan fingerprint density at radius 3 is 2.94 bits per heavy atom. The van der Waals surface area contributed by atoms with Crippen LogP contribution in [0.25, 0.3) is 11.1 Å². The summed E-state index contributed by atoms with van der Waals surface area (Å²) in [6.07, 6.45) is 5.07. The lowest BCUT2D eigenvalue weighted by Crippen LogP contribution is -2.38. The van der Waals surface area contributed by atoms with E-state index in [1.54, 1.807) is 13.3 Å². The van der Waals surface area contributed by atoms with Crippen LogP contribution in [0, 0.1) is 13.8 Å². The first kappa shape index (κ1) is 21.2. The Labute approximate surface area is 191 Å². The molecule has 33 heavy (non-hydrogen) atoms. The van der Waals surface area contributed by atoms with Gasteiger partial charge in [0.05, 0.1) is 30.0 Å². The van der Waals surface area contributed by atoms with Gasteiger partial charge in [0.15, 0.2) is 0 Å². The summed E-state index contributed by atoms with van der Waals surface area (Å²) in [6, 6.07) is 9.44. The molecule has 0 N–H and O–H groups in total. The van der Waals surface area contributed by atoms with Crippen molar-refractivity contribution < 1.29 is 18.5 Å². The van der Waals surface area contributed by atoms with Gasteiger partial charge in [-0.3, -0.25) is 4.79 Å². The number of likely N-dealkylation sites (tertiary alicyclic amines) is 1. The molecule has 0 saturated carbocycles. The number of benzene rings is 1. The molecule has 0 spiro atoms. The lowest BCUT2D eigenvalue weighted by molar-refractivity contribution is 0.0572. The Bertz CT molecular complexity index is 1310. The van der Waals surface area contributed by atoms with Crippen molar-refractivity contribution in [3.05, 3.63) is 70.7 Å². The maximum absolute atomic E-state index is 13.7. The highest BCUT2D eigenvalue weighted by Crippen LogP contribution is 2.34. The Kier molecular flexibility index (Phi) is 5.58. The number of pyridine rings is 1. The van der Waals surface area contributed by atoms with Gasteiger partial charge in [0.25, 0.3) is 11.6 Å². The molecule has 5 rings (SSSR count). The van der Waals surface area contributed by atoms with Crippen LogP contribution in [-0.2, 0) is 6.42 Å². The molecule has 1 aromatic carbocycles. The molecule has 1 saturated heterocycles. The fourth-order valence-electron chi connectivity index (χ4n) is 4.57. The lowest BCUT2D eigenvalue weighted by Gasteiger charge is -2.34. The van der Waals surface area contributed by atoms with E-state index in [4.69, 9.17) is 13.7 Å². The first-order valence-electron chi connectivity index (χ1n) is 11.2.